The SMILES string of the molecule is O=C(Nc1ccccc1O)c1ncsc1NC(=O)c1c(Cl)cc(Cl)cc1Cl. The number of aromatic hydroxyl groups is 1. The number of nitrogens with zero attached hydrogens (tertiary/aromatic N) is 1. The molecule has 0 aliphatic carbocycles. The number of phenols is 1. The minimum Gasteiger partial charge on any atom is -0.506 e. The monoisotopic (exact) mass is 441 g/mol. The van der Waals surface area contributed by atoms with E-state index in [1.54, 1.807) is 12.1 Å². The van der Waals surface area contributed by atoms with Crippen molar-refractivity contribution in [2.24, 2.45) is 0 Å². The van der Waals surface area contributed by atoms with Crippen LogP contribution in [0.1, 0.15) is 20.8 Å². The number of carbonyl (C=O) groups excluding carboxylic acids is 2. The van der Waals surface area contributed by atoms with E-state index in [1.165, 1.54) is 29.8 Å². The lowest BCUT2D eigenvalue weighted by Gasteiger charge is -2.10. The maximum atomic E-state index is 12.5. The quantitative estimate of drug-likeness (QED) is 0.477. The van der Waals surface area contributed by atoms with Gasteiger partial charge in [-0.3, -0.25) is 9.59 Å². The smallest absolute Gasteiger partial charge is 0.277 e. The lowest BCUT2D eigenvalue weighted by molar-refractivity contribution is 0.102. The topological polar surface area (TPSA) is 91.3 Å². The normalized spacial score (nSPS) is 10.5. The number of amides is 2. The lowest BCUT2D eigenvalue weighted by Crippen LogP contribution is -2.18. The van der Waals surface area contributed by atoms with E-state index in [0.29, 0.717) is 5.02 Å². The molecule has 3 aromatic rings. The van der Waals surface area contributed by atoms with E-state index in [9.17, 15) is 14.7 Å². The first kappa shape index (κ1) is 19.4. The first-order valence-corrected chi connectivity index (χ1v) is 9.37. The third kappa shape index (κ3) is 4.33. The maximum absolute atomic E-state index is 12.5. The lowest BCUT2D eigenvalue weighted by atomic mass is 10.2. The molecule has 0 unspecified atom stereocenters. The van der Waals surface area contributed by atoms with Crippen LogP contribution >= 0.6 is 46.1 Å². The third-order valence-corrected chi connectivity index (χ3v) is 4.95. The van der Waals surface area contributed by atoms with Crippen LogP contribution in [0.2, 0.25) is 15.1 Å². The second-order valence-corrected chi connectivity index (χ2v) is 7.31. The number of carbonyl (C=O) groups is 2. The van der Waals surface area contributed by atoms with Crippen molar-refractivity contribution in [1.29, 1.82) is 0 Å². The highest BCUT2D eigenvalue weighted by molar-refractivity contribution is 7.14. The molecule has 2 amide bonds. The second kappa shape index (κ2) is 8.14. The molecule has 0 spiro atoms. The molecule has 6 nitrogen and oxygen atoms in total. The van der Waals surface area contributed by atoms with Gasteiger partial charge in [0.25, 0.3) is 11.8 Å². The molecule has 3 N–H and O–H groups in total. The van der Waals surface area contributed by atoms with Crippen molar-refractivity contribution in [3.63, 3.8) is 0 Å². The van der Waals surface area contributed by atoms with E-state index in [-0.39, 0.29) is 37.7 Å². The fourth-order valence-corrected chi connectivity index (χ4v) is 3.84. The Bertz CT molecular complexity index is 1020. The van der Waals surface area contributed by atoms with E-state index in [1.807, 2.05) is 0 Å². The van der Waals surface area contributed by atoms with Gasteiger partial charge in [0.1, 0.15) is 10.8 Å². The highest BCUT2D eigenvalue weighted by Crippen LogP contribution is 2.31. The first-order chi connectivity index (χ1) is 12.9. The maximum Gasteiger partial charge on any atom is 0.277 e. The van der Waals surface area contributed by atoms with Gasteiger partial charge < -0.3 is 15.7 Å². The van der Waals surface area contributed by atoms with Crippen molar-refractivity contribution in [1.82, 2.24) is 4.98 Å². The van der Waals surface area contributed by atoms with Gasteiger partial charge in [-0.15, -0.1) is 11.3 Å². The number of hydrogen-bond donors (Lipinski definition) is 3. The van der Waals surface area contributed by atoms with Crippen molar-refractivity contribution >= 4 is 68.6 Å². The summed E-state index contributed by atoms with van der Waals surface area (Å²) < 4.78 is 0. The Morgan fingerprint density at radius 3 is 2.33 bits per heavy atom. The Balaban J connectivity index is 1.82. The summed E-state index contributed by atoms with van der Waals surface area (Å²) >= 11 is 19.0. The number of hydrogen-bond acceptors (Lipinski definition) is 5. The van der Waals surface area contributed by atoms with E-state index in [0.717, 1.165) is 11.3 Å². The van der Waals surface area contributed by atoms with Crippen molar-refractivity contribution in [2.45, 2.75) is 0 Å². The molecule has 0 saturated heterocycles. The number of phenolic OH excluding ortho intramolecular Hbond substituents is 1. The van der Waals surface area contributed by atoms with Crippen LogP contribution in [0.4, 0.5) is 10.7 Å². The Hall–Kier alpha value is -2.32. The van der Waals surface area contributed by atoms with Crippen molar-refractivity contribution < 1.29 is 14.7 Å². The number of rotatable bonds is 4. The minimum absolute atomic E-state index is 0.0159. The van der Waals surface area contributed by atoms with Gasteiger partial charge in [-0.05, 0) is 24.3 Å². The summed E-state index contributed by atoms with van der Waals surface area (Å²) in [5.74, 6) is -1.30. The van der Waals surface area contributed by atoms with Gasteiger partial charge in [0, 0.05) is 5.02 Å². The fraction of sp³-hybridized carbons (Fsp3) is 0. The van der Waals surface area contributed by atoms with Crippen LogP contribution in [0.25, 0.3) is 0 Å². The molecule has 0 atom stereocenters. The fourth-order valence-electron chi connectivity index (χ4n) is 2.18. The Morgan fingerprint density at radius 1 is 1.00 bits per heavy atom. The Labute approximate surface area is 172 Å². The van der Waals surface area contributed by atoms with Gasteiger partial charge in [0.15, 0.2) is 5.69 Å². The summed E-state index contributed by atoms with van der Waals surface area (Å²) in [6.07, 6.45) is 0. The zero-order chi connectivity index (χ0) is 19.6. The van der Waals surface area contributed by atoms with Gasteiger partial charge in [0.2, 0.25) is 0 Å². The molecule has 1 heterocycles. The first-order valence-electron chi connectivity index (χ1n) is 7.35. The van der Waals surface area contributed by atoms with Gasteiger partial charge in [-0.2, -0.15) is 0 Å². The van der Waals surface area contributed by atoms with E-state index in [4.69, 9.17) is 34.8 Å². The van der Waals surface area contributed by atoms with Gasteiger partial charge in [-0.25, -0.2) is 4.98 Å². The molecule has 0 saturated carbocycles. The Kier molecular flexibility index (Phi) is 5.86. The van der Waals surface area contributed by atoms with Gasteiger partial charge >= 0.3 is 0 Å². The second-order valence-electron chi connectivity index (χ2n) is 5.20. The van der Waals surface area contributed by atoms with Crippen LogP contribution in [-0.4, -0.2) is 21.9 Å². The highest BCUT2D eigenvalue weighted by atomic mass is 35.5. The number of benzene rings is 2. The molecule has 2 aromatic carbocycles. The summed E-state index contributed by atoms with van der Waals surface area (Å²) in [6.45, 7) is 0. The number of halogens is 3. The molecule has 0 fully saturated rings. The van der Waals surface area contributed by atoms with Crippen LogP contribution in [-0.2, 0) is 0 Å². The predicted octanol–water partition coefficient (Wildman–Crippen LogP) is 5.31. The Morgan fingerprint density at radius 2 is 1.67 bits per heavy atom. The van der Waals surface area contributed by atoms with Crippen molar-refractivity contribution in [3.05, 3.63) is 68.2 Å². The van der Waals surface area contributed by atoms with E-state index < -0.39 is 11.8 Å². The average Bonchev–Trinajstić information content (AvgIpc) is 3.04. The van der Waals surface area contributed by atoms with Gasteiger partial charge in [-0.1, -0.05) is 46.9 Å². The van der Waals surface area contributed by atoms with E-state index >= 15 is 0 Å². The summed E-state index contributed by atoms with van der Waals surface area (Å²) in [5.41, 5.74) is 1.64. The summed E-state index contributed by atoms with van der Waals surface area (Å²) in [7, 11) is 0. The largest absolute Gasteiger partial charge is 0.506 e. The highest BCUT2D eigenvalue weighted by Gasteiger charge is 2.21. The number of thiazole rings is 1. The van der Waals surface area contributed by atoms with Gasteiger partial charge in [0.05, 0.1) is 26.8 Å². The van der Waals surface area contributed by atoms with Crippen LogP contribution in [0.3, 0.4) is 0 Å². The number of aromatic nitrogens is 1. The molecule has 10 heteroatoms. The number of anilines is 2. The molecular formula is C17H10Cl3N3O3S. The van der Waals surface area contributed by atoms with Crippen LogP contribution in [0.15, 0.2) is 41.9 Å². The summed E-state index contributed by atoms with van der Waals surface area (Å²) in [4.78, 5) is 29.0. The molecule has 3 rings (SSSR count). The predicted molar refractivity (Wildman–Crippen MR) is 108 cm³/mol. The summed E-state index contributed by atoms with van der Waals surface area (Å²) in [5, 5.41) is 15.5. The number of para-hydroxylation sites is 2. The standard InChI is InChI=1S/C17H10Cl3N3O3S/c18-8-5-9(19)13(10(20)6-8)15(25)23-17-14(21-7-27-17)16(26)22-11-3-1-2-4-12(11)24/h1-7,24H,(H,22,26)(H,23,25). The van der Waals surface area contributed by atoms with Crippen molar-refractivity contribution in [3.8, 4) is 5.75 Å². The molecule has 0 radical (unpaired) electrons. The molecule has 27 heavy (non-hydrogen) atoms. The molecular weight excluding hydrogens is 433 g/mol. The molecule has 0 aliphatic rings. The van der Waals surface area contributed by atoms with E-state index in [2.05, 4.69) is 15.6 Å². The van der Waals surface area contributed by atoms with Crippen LogP contribution < -0.4 is 10.6 Å². The molecule has 138 valence electrons. The zero-order valence-electron chi connectivity index (χ0n) is 13.3. The van der Waals surface area contributed by atoms with Crippen LogP contribution in [0.5, 0.6) is 5.75 Å². The molecule has 0 bridgehead atoms. The van der Waals surface area contributed by atoms with Crippen LogP contribution in [0, 0.1) is 0 Å². The third-order valence-electron chi connectivity index (χ3n) is 3.40. The molecule has 1 aromatic heterocycles. The minimum atomic E-state index is -0.609. The molecule has 0 aliphatic heterocycles. The van der Waals surface area contributed by atoms with Crippen molar-refractivity contribution in [2.75, 3.05) is 10.6 Å². The average molecular weight is 443 g/mol. The zero-order valence-corrected chi connectivity index (χ0v) is 16.4. The number of nitrogens with one attached hydrogen (secondary N) is 2. The summed E-state index contributed by atoms with van der Waals surface area (Å²) in [6, 6.07) is 9.03.